The van der Waals surface area contributed by atoms with Crippen molar-refractivity contribution in [2.75, 3.05) is 11.0 Å². The van der Waals surface area contributed by atoms with Crippen LogP contribution in [0.2, 0.25) is 5.02 Å². The van der Waals surface area contributed by atoms with Gasteiger partial charge in [-0.05, 0) is 35.4 Å². The molecule has 0 unspecified atom stereocenters. The molecule has 0 spiro atoms. The number of carbonyl (C=O) groups excluding carboxylic acids is 1. The van der Waals surface area contributed by atoms with Gasteiger partial charge in [0.25, 0.3) is 0 Å². The van der Waals surface area contributed by atoms with Crippen molar-refractivity contribution in [3.63, 3.8) is 0 Å². The molecule has 9 heteroatoms. The summed E-state index contributed by atoms with van der Waals surface area (Å²) in [6.45, 7) is 1.41. The molecule has 2 aromatic carbocycles. The number of amides is 1. The zero-order chi connectivity index (χ0) is 19.8. The monoisotopic (exact) mass is 409 g/mol. The first kappa shape index (κ1) is 19.3. The summed E-state index contributed by atoms with van der Waals surface area (Å²) in [6.07, 6.45) is 1.51. The number of benzene rings is 2. The fraction of sp³-hybridized carbons (Fsp3) is 0.222. The molecule has 0 bridgehead atoms. The van der Waals surface area contributed by atoms with Crippen LogP contribution in [0.5, 0.6) is 0 Å². The lowest BCUT2D eigenvalue weighted by molar-refractivity contribution is -0.130. The minimum absolute atomic E-state index is 0.0133. The van der Waals surface area contributed by atoms with Crippen LogP contribution in [0.3, 0.4) is 0 Å². The van der Waals surface area contributed by atoms with Crippen molar-refractivity contribution in [2.45, 2.75) is 19.4 Å². The van der Waals surface area contributed by atoms with E-state index in [4.69, 9.17) is 11.6 Å². The van der Waals surface area contributed by atoms with Crippen LogP contribution in [-0.2, 0) is 14.8 Å². The predicted octanol–water partition coefficient (Wildman–Crippen LogP) is 3.55. The molecule has 27 heavy (non-hydrogen) atoms. The molecular weight excluding hydrogens is 393 g/mol. The average molecular weight is 410 g/mol. The first-order valence-corrected chi connectivity index (χ1v) is 10.3. The number of halogens is 2. The number of hydrazone groups is 1. The Balaban J connectivity index is 1.87. The maximum Gasteiger partial charge on any atom is 0.240 e. The van der Waals surface area contributed by atoms with Crippen molar-refractivity contribution in [3.05, 3.63) is 64.4 Å². The molecule has 1 atom stereocenters. The predicted molar refractivity (Wildman–Crippen MR) is 103 cm³/mol. The molecule has 0 saturated heterocycles. The standard InChI is InChI=1S/C18H17ClFN3O3S/c1-11(24)23-18(13-5-8-16(20)15(19)9-13)10-17(21-23)12-3-6-14(7-4-12)22-27(2,25)26/h3-9,18,22H,10H2,1-2H3/t18-/m1/s1. The lowest BCUT2D eigenvalue weighted by atomic mass is 9.98. The molecular formula is C18H17ClFN3O3S. The van der Waals surface area contributed by atoms with Gasteiger partial charge in [-0.25, -0.2) is 17.8 Å². The summed E-state index contributed by atoms with van der Waals surface area (Å²) in [5.74, 6) is -0.770. The number of nitrogens with zero attached hydrogens (tertiary/aromatic N) is 2. The molecule has 0 radical (unpaired) electrons. The number of anilines is 1. The van der Waals surface area contributed by atoms with Crippen LogP contribution in [0.15, 0.2) is 47.6 Å². The van der Waals surface area contributed by atoms with Crippen molar-refractivity contribution >= 4 is 38.9 Å². The zero-order valence-corrected chi connectivity index (χ0v) is 16.2. The third-order valence-corrected chi connectivity index (χ3v) is 4.98. The van der Waals surface area contributed by atoms with Gasteiger partial charge in [0, 0.05) is 19.0 Å². The van der Waals surface area contributed by atoms with Gasteiger partial charge >= 0.3 is 0 Å². The molecule has 6 nitrogen and oxygen atoms in total. The van der Waals surface area contributed by atoms with E-state index in [1.807, 2.05) is 0 Å². The Bertz CT molecular complexity index is 1020. The van der Waals surface area contributed by atoms with E-state index < -0.39 is 15.8 Å². The number of hydrogen-bond donors (Lipinski definition) is 1. The molecule has 2 aromatic rings. The van der Waals surface area contributed by atoms with Gasteiger partial charge in [0.05, 0.1) is 23.0 Å². The number of rotatable bonds is 4. The molecule has 1 aliphatic rings. The topological polar surface area (TPSA) is 78.8 Å². The van der Waals surface area contributed by atoms with Gasteiger partial charge in [-0.2, -0.15) is 5.10 Å². The average Bonchev–Trinajstić information content (AvgIpc) is 3.02. The molecule has 0 saturated carbocycles. The van der Waals surface area contributed by atoms with Gasteiger partial charge in [0.1, 0.15) is 5.82 Å². The Morgan fingerprint density at radius 1 is 1.26 bits per heavy atom. The van der Waals surface area contributed by atoms with Crippen molar-refractivity contribution in [2.24, 2.45) is 5.10 Å². The highest BCUT2D eigenvalue weighted by Crippen LogP contribution is 2.34. The molecule has 0 fully saturated rings. The van der Waals surface area contributed by atoms with Gasteiger partial charge < -0.3 is 0 Å². The van der Waals surface area contributed by atoms with E-state index in [0.29, 0.717) is 23.4 Å². The Kier molecular flexibility index (Phi) is 5.21. The molecule has 0 aromatic heterocycles. The van der Waals surface area contributed by atoms with Gasteiger partial charge in [-0.3, -0.25) is 9.52 Å². The minimum Gasteiger partial charge on any atom is -0.284 e. The van der Waals surface area contributed by atoms with Gasteiger partial charge in [0.15, 0.2) is 0 Å². The fourth-order valence-electron chi connectivity index (χ4n) is 2.90. The van der Waals surface area contributed by atoms with Crippen LogP contribution in [0.4, 0.5) is 10.1 Å². The Morgan fingerprint density at radius 3 is 2.48 bits per heavy atom. The summed E-state index contributed by atoms with van der Waals surface area (Å²) in [7, 11) is -3.36. The van der Waals surface area contributed by atoms with Gasteiger partial charge in [-0.15, -0.1) is 0 Å². The van der Waals surface area contributed by atoms with Crippen LogP contribution < -0.4 is 4.72 Å². The Hall–Kier alpha value is -2.45. The zero-order valence-electron chi connectivity index (χ0n) is 14.6. The van der Waals surface area contributed by atoms with Crippen molar-refractivity contribution in [1.82, 2.24) is 5.01 Å². The van der Waals surface area contributed by atoms with E-state index in [9.17, 15) is 17.6 Å². The first-order valence-electron chi connectivity index (χ1n) is 8.04. The molecule has 1 aliphatic heterocycles. The van der Waals surface area contributed by atoms with E-state index in [0.717, 1.165) is 11.8 Å². The van der Waals surface area contributed by atoms with Crippen molar-refractivity contribution in [3.8, 4) is 0 Å². The maximum absolute atomic E-state index is 13.4. The smallest absolute Gasteiger partial charge is 0.240 e. The minimum atomic E-state index is -3.36. The lowest BCUT2D eigenvalue weighted by Crippen LogP contribution is -2.24. The van der Waals surface area contributed by atoms with E-state index in [1.54, 1.807) is 30.3 Å². The summed E-state index contributed by atoms with van der Waals surface area (Å²) in [5.41, 5.74) is 2.55. The Morgan fingerprint density at radius 2 is 1.93 bits per heavy atom. The molecule has 1 heterocycles. The number of nitrogens with one attached hydrogen (secondary N) is 1. The van der Waals surface area contributed by atoms with Crippen LogP contribution in [0.1, 0.15) is 30.5 Å². The second kappa shape index (κ2) is 7.28. The highest BCUT2D eigenvalue weighted by molar-refractivity contribution is 7.92. The second-order valence-electron chi connectivity index (χ2n) is 6.26. The van der Waals surface area contributed by atoms with Gasteiger partial charge in [0.2, 0.25) is 15.9 Å². The normalized spacial score (nSPS) is 17.0. The number of carbonyl (C=O) groups is 1. The molecule has 142 valence electrons. The van der Waals surface area contributed by atoms with E-state index in [-0.39, 0.29) is 17.0 Å². The summed E-state index contributed by atoms with van der Waals surface area (Å²) < 4.78 is 38.4. The summed E-state index contributed by atoms with van der Waals surface area (Å²) in [4.78, 5) is 12.0. The highest BCUT2D eigenvalue weighted by atomic mass is 35.5. The summed E-state index contributed by atoms with van der Waals surface area (Å²) in [5, 5.41) is 5.73. The SMILES string of the molecule is CC(=O)N1N=C(c2ccc(NS(C)(=O)=O)cc2)C[C@@H]1c1ccc(F)c(Cl)c1. The second-order valence-corrected chi connectivity index (χ2v) is 8.41. The summed E-state index contributed by atoms with van der Waals surface area (Å²) >= 11 is 5.87. The van der Waals surface area contributed by atoms with Crippen LogP contribution >= 0.6 is 11.6 Å². The molecule has 1 N–H and O–H groups in total. The highest BCUT2D eigenvalue weighted by Gasteiger charge is 2.31. The first-order chi connectivity index (χ1) is 12.6. The molecule has 3 rings (SSSR count). The molecule has 1 amide bonds. The van der Waals surface area contributed by atoms with Crippen molar-refractivity contribution in [1.29, 1.82) is 0 Å². The quantitative estimate of drug-likeness (QED) is 0.838. The third kappa shape index (κ3) is 4.45. The largest absolute Gasteiger partial charge is 0.284 e. The number of hydrogen-bond acceptors (Lipinski definition) is 4. The van der Waals surface area contributed by atoms with Crippen molar-refractivity contribution < 1.29 is 17.6 Å². The van der Waals surface area contributed by atoms with E-state index in [1.165, 1.54) is 24.1 Å². The van der Waals surface area contributed by atoms with E-state index in [2.05, 4.69) is 9.82 Å². The fourth-order valence-corrected chi connectivity index (χ4v) is 3.65. The summed E-state index contributed by atoms with van der Waals surface area (Å²) in [6, 6.07) is 10.7. The van der Waals surface area contributed by atoms with Gasteiger partial charge in [-0.1, -0.05) is 29.8 Å². The van der Waals surface area contributed by atoms with Crippen LogP contribution in [0.25, 0.3) is 0 Å². The lowest BCUT2D eigenvalue weighted by Gasteiger charge is -2.20. The maximum atomic E-state index is 13.4. The van der Waals surface area contributed by atoms with Crippen LogP contribution in [-0.4, -0.2) is 31.3 Å². The van der Waals surface area contributed by atoms with E-state index >= 15 is 0 Å². The number of sulfonamides is 1. The Labute approximate surface area is 161 Å². The van der Waals surface area contributed by atoms with Crippen LogP contribution in [0, 0.1) is 5.82 Å². The third-order valence-electron chi connectivity index (χ3n) is 4.08. The molecule has 0 aliphatic carbocycles.